The van der Waals surface area contributed by atoms with Crippen LogP contribution in [0.15, 0.2) is 24.3 Å². The van der Waals surface area contributed by atoms with E-state index in [0.717, 1.165) is 12.2 Å². The van der Waals surface area contributed by atoms with Crippen LogP contribution in [0.2, 0.25) is 0 Å². The van der Waals surface area contributed by atoms with E-state index >= 15 is 0 Å². The number of halogens is 2. The summed E-state index contributed by atoms with van der Waals surface area (Å²) in [7, 11) is 1.97. The molecule has 0 saturated heterocycles. The van der Waals surface area contributed by atoms with E-state index in [2.05, 4.69) is 4.90 Å². The van der Waals surface area contributed by atoms with Gasteiger partial charge in [0.05, 0.1) is 6.61 Å². The molecule has 3 N–H and O–H groups in total. The number of likely N-dealkylation sites (N-methyl/N-ethyl adjacent to an activating group) is 1. The number of anilines is 1. The first kappa shape index (κ1) is 16.9. The molecule has 0 aromatic heterocycles. The molecular weight excluding hydrogens is 235 g/mol. The Morgan fingerprint density at radius 3 is 2.53 bits per heavy atom. The zero-order valence-corrected chi connectivity index (χ0v) is 10.4. The predicted octanol–water partition coefficient (Wildman–Crippen LogP) is 1.54. The summed E-state index contributed by atoms with van der Waals surface area (Å²) >= 11 is 0. The molecule has 1 aromatic rings. The first-order valence-corrected chi connectivity index (χ1v) is 4.36. The number of benzene rings is 1. The molecule has 3 nitrogen and oxygen atoms in total. The van der Waals surface area contributed by atoms with Crippen LogP contribution >= 0.6 is 24.8 Å². The minimum Gasteiger partial charge on any atom is -0.399 e. The number of aliphatic hydroxyl groups is 1. The van der Waals surface area contributed by atoms with Crippen LogP contribution in [0.3, 0.4) is 0 Å². The molecule has 0 saturated carbocycles. The monoisotopic (exact) mass is 252 g/mol. The van der Waals surface area contributed by atoms with Crippen molar-refractivity contribution in [2.75, 3.05) is 25.9 Å². The number of nitrogen functional groups attached to an aromatic ring is 1. The van der Waals surface area contributed by atoms with Gasteiger partial charge >= 0.3 is 0 Å². The Hall–Kier alpha value is -0.480. The topological polar surface area (TPSA) is 49.5 Å². The predicted molar refractivity (Wildman–Crippen MR) is 68.8 cm³/mol. The van der Waals surface area contributed by atoms with Gasteiger partial charge < -0.3 is 10.8 Å². The van der Waals surface area contributed by atoms with Crippen molar-refractivity contribution in [2.24, 2.45) is 0 Å². The maximum atomic E-state index is 8.70. The fraction of sp³-hybridized carbons (Fsp3) is 0.400. The van der Waals surface area contributed by atoms with Gasteiger partial charge in [0.25, 0.3) is 0 Å². The van der Waals surface area contributed by atoms with Crippen molar-refractivity contribution in [3.63, 3.8) is 0 Å². The van der Waals surface area contributed by atoms with Gasteiger partial charge in [-0.25, -0.2) is 0 Å². The van der Waals surface area contributed by atoms with E-state index in [0.29, 0.717) is 6.54 Å². The van der Waals surface area contributed by atoms with E-state index in [1.807, 2.05) is 31.3 Å². The molecule has 0 spiro atoms. The maximum Gasteiger partial charge on any atom is 0.0558 e. The van der Waals surface area contributed by atoms with Crippen molar-refractivity contribution >= 4 is 30.5 Å². The first-order valence-electron chi connectivity index (χ1n) is 4.36. The highest BCUT2D eigenvalue weighted by Gasteiger charge is 1.98. The second kappa shape index (κ2) is 8.80. The highest BCUT2D eigenvalue weighted by Crippen LogP contribution is 2.08. The van der Waals surface area contributed by atoms with Crippen LogP contribution in [0, 0.1) is 0 Å². The molecule has 0 radical (unpaired) electrons. The second-order valence-corrected chi connectivity index (χ2v) is 3.21. The average molecular weight is 253 g/mol. The normalized spacial score (nSPS) is 9.27. The summed E-state index contributed by atoms with van der Waals surface area (Å²) in [6.45, 7) is 1.71. The van der Waals surface area contributed by atoms with E-state index in [4.69, 9.17) is 10.8 Å². The van der Waals surface area contributed by atoms with Crippen LogP contribution in [0.5, 0.6) is 0 Å². The first-order chi connectivity index (χ1) is 6.22. The molecule has 0 unspecified atom stereocenters. The molecule has 1 aromatic carbocycles. The van der Waals surface area contributed by atoms with E-state index in [9.17, 15) is 0 Å². The van der Waals surface area contributed by atoms with Gasteiger partial charge in [0.1, 0.15) is 0 Å². The van der Waals surface area contributed by atoms with Gasteiger partial charge in [0, 0.05) is 18.8 Å². The highest BCUT2D eigenvalue weighted by atomic mass is 35.5. The van der Waals surface area contributed by atoms with E-state index in [1.54, 1.807) is 0 Å². The number of aliphatic hydroxyl groups excluding tert-OH is 1. The van der Waals surface area contributed by atoms with Crippen LogP contribution in [0.4, 0.5) is 5.69 Å². The third kappa shape index (κ3) is 6.57. The Labute approximate surface area is 103 Å². The Morgan fingerprint density at radius 2 is 2.00 bits per heavy atom. The molecule has 1 rings (SSSR count). The fourth-order valence-electron chi connectivity index (χ4n) is 1.25. The van der Waals surface area contributed by atoms with Crippen molar-refractivity contribution in [1.82, 2.24) is 4.90 Å². The van der Waals surface area contributed by atoms with Gasteiger partial charge in [0.2, 0.25) is 0 Å². The molecule has 0 amide bonds. The summed E-state index contributed by atoms with van der Waals surface area (Å²) in [6, 6.07) is 7.80. The van der Waals surface area contributed by atoms with Gasteiger partial charge in [-0.15, -0.1) is 24.8 Å². The Balaban J connectivity index is 0. The largest absolute Gasteiger partial charge is 0.399 e. The minimum atomic E-state index is 0. The van der Waals surface area contributed by atoms with Crippen LogP contribution in [-0.4, -0.2) is 30.2 Å². The van der Waals surface area contributed by atoms with Crippen LogP contribution in [-0.2, 0) is 6.54 Å². The fourth-order valence-corrected chi connectivity index (χ4v) is 1.25. The van der Waals surface area contributed by atoms with Crippen LogP contribution in [0.25, 0.3) is 0 Å². The lowest BCUT2D eigenvalue weighted by molar-refractivity contribution is 0.217. The van der Waals surface area contributed by atoms with Crippen molar-refractivity contribution in [2.45, 2.75) is 6.54 Å². The highest BCUT2D eigenvalue weighted by molar-refractivity contribution is 5.85. The minimum absolute atomic E-state index is 0. The third-order valence-electron chi connectivity index (χ3n) is 1.89. The Kier molecular flexibility index (Phi) is 9.93. The second-order valence-electron chi connectivity index (χ2n) is 3.21. The number of hydrogen-bond acceptors (Lipinski definition) is 3. The van der Waals surface area contributed by atoms with Gasteiger partial charge in [-0.3, -0.25) is 4.90 Å². The zero-order valence-electron chi connectivity index (χ0n) is 8.72. The van der Waals surface area contributed by atoms with Crippen molar-refractivity contribution in [3.8, 4) is 0 Å². The molecule has 0 heterocycles. The lowest BCUT2D eigenvalue weighted by Gasteiger charge is -2.14. The molecule has 0 aliphatic carbocycles. The number of rotatable bonds is 4. The van der Waals surface area contributed by atoms with Gasteiger partial charge in [-0.05, 0) is 24.7 Å². The lowest BCUT2D eigenvalue weighted by Crippen LogP contribution is -2.21. The molecule has 0 atom stereocenters. The summed E-state index contributed by atoms with van der Waals surface area (Å²) < 4.78 is 0. The van der Waals surface area contributed by atoms with Gasteiger partial charge in [-0.1, -0.05) is 12.1 Å². The number of nitrogens with zero attached hydrogens (tertiary/aromatic N) is 1. The quantitative estimate of drug-likeness (QED) is 0.800. The smallest absolute Gasteiger partial charge is 0.0558 e. The van der Waals surface area contributed by atoms with Crippen molar-refractivity contribution < 1.29 is 5.11 Å². The number of nitrogens with two attached hydrogens (primary N) is 1. The summed E-state index contributed by atoms with van der Waals surface area (Å²) in [5.41, 5.74) is 7.60. The van der Waals surface area contributed by atoms with Gasteiger partial charge in [0.15, 0.2) is 0 Å². The summed E-state index contributed by atoms with van der Waals surface area (Å²) in [6.07, 6.45) is 0. The SMILES string of the molecule is CN(CCO)Cc1cccc(N)c1.Cl.Cl. The molecule has 0 bridgehead atoms. The molecule has 0 aliphatic rings. The lowest BCUT2D eigenvalue weighted by atomic mass is 10.2. The van der Waals surface area contributed by atoms with Crippen LogP contribution < -0.4 is 5.73 Å². The molecule has 15 heavy (non-hydrogen) atoms. The van der Waals surface area contributed by atoms with E-state index < -0.39 is 0 Å². The molecule has 88 valence electrons. The maximum absolute atomic E-state index is 8.70. The van der Waals surface area contributed by atoms with Crippen LogP contribution in [0.1, 0.15) is 5.56 Å². The average Bonchev–Trinajstić information content (AvgIpc) is 2.04. The standard InChI is InChI=1S/C10H16N2O.2ClH/c1-12(5-6-13)8-9-3-2-4-10(11)7-9;;/h2-4,7,13H,5-6,8,11H2,1H3;2*1H. The summed E-state index contributed by atoms with van der Waals surface area (Å²) in [4.78, 5) is 2.05. The third-order valence-corrected chi connectivity index (χ3v) is 1.89. The molecule has 0 fully saturated rings. The van der Waals surface area contributed by atoms with E-state index in [-0.39, 0.29) is 31.4 Å². The van der Waals surface area contributed by atoms with Crippen molar-refractivity contribution in [1.29, 1.82) is 0 Å². The molecular formula is C10H18Cl2N2O. The summed E-state index contributed by atoms with van der Waals surface area (Å²) in [5, 5.41) is 8.70. The molecule has 0 aliphatic heterocycles. The number of hydrogen-bond donors (Lipinski definition) is 2. The van der Waals surface area contributed by atoms with Gasteiger partial charge in [-0.2, -0.15) is 0 Å². The summed E-state index contributed by atoms with van der Waals surface area (Å²) in [5.74, 6) is 0. The Bertz CT molecular complexity index is 271. The molecule has 5 heteroatoms. The van der Waals surface area contributed by atoms with E-state index in [1.165, 1.54) is 5.56 Å². The van der Waals surface area contributed by atoms with Crippen molar-refractivity contribution in [3.05, 3.63) is 29.8 Å². The Morgan fingerprint density at radius 1 is 1.33 bits per heavy atom. The zero-order chi connectivity index (χ0) is 9.68.